The van der Waals surface area contributed by atoms with Gasteiger partial charge < -0.3 is 5.32 Å². The number of nitrogens with zero attached hydrogens (tertiary/aromatic N) is 1. The van der Waals surface area contributed by atoms with Crippen molar-refractivity contribution in [1.29, 1.82) is 0 Å². The maximum Gasteiger partial charge on any atom is 0.0309 e. The fourth-order valence-electron chi connectivity index (χ4n) is 2.80. The molecule has 17 heavy (non-hydrogen) atoms. The van der Waals surface area contributed by atoms with E-state index in [-0.39, 0.29) is 5.54 Å². The van der Waals surface area contributed by atoms with E-state index < -0.39 is 0 Å². The second-order valence-electron chi connectivity index (χ2n) is 5.73. The normalized spacial score (nSPS) is 20.2. The van der Waals surface area contributed by atoms with Crippen LogP contribution in [0.5, 0.6) is 0 Å². The summed E-state index contributed by atoms with van der Waals surface area (Å²) in [6, 6.07) is 0.526. The molecule has 0 saturated carbocycles. The molecule has 0 bridgehead atoms. The first-order valence-electron chi connectivity index (χ1n) is 7.22. The second kappa shape index (κ2) is 7.17. The van der Waals surface area contributed by atoms with Gasteiger partial charge in [0.05, 0.1) is 0 Å². The lowest BCUT2D eigenvalue weighted by molar-refractivity contribution is 0.0619. The first-order chi connectivity index (χ1) is 8.12. The fourth-order valence-corrected chi connectivity index (χ4v) is 2.80. The van der Waals surface area contributed by atoms with E-state index in [2.05, 4.69) is 43.6 Å². The zero-order valence-electron chi connectivity index (χ0n) is 12.0. The Morgan fingerprint density at radius 1 is 1.29 bits per heavy atom. The van der Waals surface area contributed by atoms with Crippen molar-refractivity contribution in [2.75, 3.05) is 19.6 Å². The van der Waals surface area contributed by atoms with Crippen molar-refractivity contribution in [3.8, 4) is 0 Å². The van der Waals surface area contributed by atoms with Gasteiger partial charge in [0.25, 0.3) is 0 Å². The van der Waals surface area contributed by atoms with Gasteiger partial charge in [-0.25, -0.2) is 0 Å². The predicted octanol–water partition coefficient (Wildman–Crippen LogP) is 3.20. The monoisotopic (exact) mass is 238 g/mol. The summed E-state index contributed by atoms with van der Waals surface area (Å²) >= 11 is 0. The highest BCUT2D eigenvalue weighted by Crippen LogP contribution is 2.25. The zero-order chi connectivity index (χ0) is 12.7. The van der Waals surface area contributed by atoms with E-state index >= 15 is 0 Å². The first kappa shape index (κ1) is 14.7. The van der Waals surface area contributed by atoms with Gasteiger partial charge >= 0.3 is 0 Å². The summed E-state index contributed by atoms with van der Waals surface area (Å²) < 4.78 is 0. The van der Waals surface area contributed by atoms with Crippen LogP contribution in [-0.4, -0.2) is 36.1 Å². The first-order valence-corrected chi connectivity index (χ1v) is 7.22. The smallest absolute Gasteiger partial charge is 0.0309 e. The average molecular weight is 238 g/mol. The number of rotatable bonds is 7. The van der Waals surface area contributed by atoms with Crippen LogP contribution in [0.1, 0.15) is 52.9 Å². The Kier molecular flexibility index (Phi) is 6.21. The summed E-state index contributed by atoms with van der Waals surface area (Å²) in [4.78, 5) is 2.66. The Morgan fingerprint density at radius 3 is 2.47 bits per heavy atom. The molecular formula is C15H30N2. The largest absolute Gasteiger partial charge is 0.312 e. The van der Waals surface area contributed by atoms with E-state index in [1.54, 1.807) is 0 Å². The molecule has 2 heteroatoms. The van der Waals surface area contributed by atoms with Crippen LogP contribution in [0.3, 0.4) is 0 Å². The van der Waals surface area contributed by atoms with Crippen LogP contribution >= 0.6 is 0 Å². The quantitative estimate of drug-likeness (QED) is 0.685. The van der Waals surface area contributed by atoms with Crippen molar-refractivity contribution in [3.63, 3.8) is 0 Å². The maximum absolute atomic E-state index is 3.91. The van der Waals surface area contributed by atoms with Crippen molar-refractivity contribution >= 4 is 0 Å². The number of hydrogen-bond acceptors (Lipinski definition) is 2. The van der Waals surface area contributed by atoms with Crippen molar-refractivity contribution in [1.82, 2.24) is 10.2 Å². The molecule has 0 aromatic heterocycles. The third-order valence-corrected chi connectivity index (χ3v) is 4.07. The number of piperidine rings is 1. The van der Waals surface area contributed by atoms with Crippen LogP contribution < -0.4 is 5.32 Å². The molecule has 1 fully saturated rings. The van der Waals surface area contributed by atoms with E-state index in [1.807, 2.05) is 0 Å². The molecule has 1 atom stereocenters. The Morgan fingerprint density at radius 2 is 1.94 bits per heavy atom. The molecule has 1 rings (SSSR count). The highest BCUT2D eigenvalue weighted by molar-refractivity contribution is 4.97. The summed E-state index contributed by atoms with van der Waals surface area (Å²) in [6.45, 7) is 14.5. The van der Waals surface area contributed by atoms with Crippen molar-refractivity contribution in [2.24, 2.45) is 0 Å². The zero-order valence-corrected chi connectivity index (χ0v) is 12.0. The molecule has 1 saturated heterocycles. The lowest BCUT2D eigenvalue weighted by Gasteiger charge is -2.46. The SMILES string of the molecule is C=CCC(NCCC)C(C)(C)N1CCCCC1. The highest BCUT2D eigenvalue weighted by atomic mass is 15.2. The maximum atomic E-state index is 3.91. The lowest BCUT2D eigenvalue weighted by atomic mass is 9.88. The van der Waals surface area contributed by atoms with Gasteiger partial charge in [0.15, 0.2) is 0 Å². The van der Waals surface area contributed by atoms with Crippen molar-refractivity contribution < 1.29 is 0 Å². The van der Waals surface area contributed by atoms with Crippen molar-refractivity contribution in [2.45, 2.75) is 64.5 Å². The number of nitrogens with one attached hydrogen (secondary N) is 1. The topological polar surface area (TPSA) is 15.3 Å². The summed E-state index contributed by atoms with van der Waals surface area (Å²) in [5.41, 5.74) is 0.240. The van der Waals surface area contributed by atoms with E-state index in [0.717, 1.165) is 13.0 Å². The molecule has 0 aromatic rings. The molecule has 1 aliphatic heterocycles. The average Bonchev–Trinajstić information content (AvgIpc) is 2.35. The molecule has 0 aromatic carbocycles. The second-order valence-corrected chi connectivity index (χ2v) is 5.73. The molecule has 2 nitrogen and oxygen atoms in total. The summed E-state index contributed by atoms with van der Waals surface area (Å²) in [7, 11) is 0. The van der Waals surface area contributed by atoms with Crippen LogP contribution in [0.4, 0.5) is 0 Å². The van der Waals surface area contributed by atoms with E-state index in [1.165, 1.54) is 38.8 Å². The summed E-state index contributed by atoms with van der Waals surface area (Å²) in [5, 5.41) is 3.69. The van der Waals surface area contributed by atoms with Gasteiger partial charge in [-0.3, -0.25) is 4.90 Å². The van der Waals surface area contributed by atoms with E-state index in [4.69, 9.17) is 0 Å². The molecule has 1 N–H and O–H groups in total. The number of hydrogen-bond donors (Lipinski definition) is 1. The molecule has 1 heterocycles. The minimum atomic E-state index is 0.240. The highest BCUT2D eigenvalue weighted by Gasteiger charge is 2.34. The van der Waals surface area contributed by atoms with Crippen LogP contribution in [0.25, 0.3) is 0 Å². The van der Waals surface area contributed by atoms with Gasteiger partial charge in [-0.1, -0.05) is 19.4 Å². The molecular weight excluding hydrogens is 208 g/mol. The summed E-state index contributed by atoms with van der Waals surface area (Å²) in [6.07, 6.45) is 8.43. The van der Waals surface area contributed by atoms with Gasteiger partial charge in [0, 0.05) is 11.6 Å². The molecule has 1 aliphatic rings. The Labute approximate surface area is 107 Å². The van der Waals surface area contributed by atoms with Crippen LogP contribution in [0.2, 0.25) is 0 Å². The Bertz CT molecular complexity index is 217. The van der Waals surface area contributed by atoms with Gasteiger partial charge in [0.1, 0.15) is 0 Å². The molecule has 0 amide bonds. The van der Waals surface area contributed by atoms with Crippen LogP contribution in [0.15, 0.2) is 12.7 Å². The molecule has 0 aliphatic carbocycles. The fraction of sp³-hybridized carbons (Fsp3) is 0.867. The van der Waals surface area contributed by atoms with E-state index in [9.17, 15) is 0 Å². The van der Waals surface area contributed by atoms with Gasteiger partial charge in [-0.2, -0.15) is 0 Å². The summed E-state index contributed by atoms with van der Waals surface area (Å²) in [5.74, 6) is 0. The van der Waals surface area contributed by atoms with Gasteiger partial charge in [-0.15, -0.1) is 6.58 Å². The van der Waals surface area contributed by atoms with Crippen molar-refractivity contribution in [3.05, 3.63) is 12.7 Å². The molecule has 1 unspecified atom stereocenters. The van der Waals surface area contributed by atoms with Crippen LogP contribution in [-0.2, 0) is 0 Å². The molecule has 0 spiro atoms. The standard InChI is InChI=1S/C15H30N2/c1-5-10-14(16-11-6-2)15(3,4)17-12-8-7-9-13-17/h5,14,16H,1,6-13H2,2-4H3. The number of likely N-dealkylation sites (tertiary alicyclic amines) is 1. The minimum Gasteiger partial charge on any atom is -0.312 e. The van der Waals surface area contributed by atoms with Gasteiger partial charge in [-0.05, 0) is 59.2 Å². The minimum absolute atomic E-state index is 0.240. The van der Waals surface area contributed by atoms with Gasteiger partial charge in [0.2, 0.25) is 0 Å². The third kappa shape index (κ3) is 4.11. The Hall–Kier alpha value is -0.340. The van der Waals surface area contributed by atoms with E-state index in [0.29, 0.717) is 6.04 Å². The molecule has 0 radical (unpaired) electrons. The predicted molar refractivity (Wildman–Crippen MR) is 76.4 cm³/mol. The van der Waals surface area contributed by atoms with Crippen LogP contribution in [0, 0.1) is 0 Å². The third-order valence-electron chi connectivity index (χ3n) is 4.07. The lowest BCUT2D eigenvalue weighted by Crippen LogP contribution is -2.58. The molecule has 100 valence electrons. The Balaban J connectivity index is 2.63.